The van der Waals surface area contributed by atoms with E-state index in [0.717, 1.165) is 23.4 Å². The van der Waals surface area contributed by atoms with Crippen LogP contribution in [-0.2, 0) is 6.54 Å². The van der Waals surface area contributed by atoms with Crippen LogP contribution in [-0.4, -0.2) is 38.1 Å². The lowest BCUT2D eigenvalue weighted by Crippen LogP contribution is -2.23. The van der Waals surface area contributed by atoms with Crippen molar-refractivity contribution in [3.8, 4) is 0 Å². The Balaban J connectivity index is 1.65. The normalized spacial score (nSPS) is 24.8. The molecule has 19 heavy (non-hydrogen) atoms. The number of rotatable bonds is 4. The van der Waals surface area contributed by atoms with Gasteiger partial charge in [0.25, 0.3) is 0 Å². The van der Waals surface area contributed by atoms with E-state index in [2.05, 4.69) is 51.5 Å². The molecule has 2 aliphatic rings. The summed E-state index contributed by atoms with van der Waals surface area (Å²) in [7, 11) is 0. The first kappa shape index (κ1) is 13.7. The van der Waals surface area contributed by atoms with Crippen molar-refractivity contribution in [3.05, 3.63) is 11.9 Å². The molecular weight excluding hydrogens is 274 g/mol. The summed E-state index contributed by atoms with van der Waals surface area (Å²) in [5.41, 5.74) is 1.13. The fourth-order valence-electron chi connectivity index (χ4n) is 2.92. The fourth-order valence-corrected chi connectivity index (χ4v) is 5.58. The molecule has 1 unspecified atom stereocenters. The van der Waals surface area contributed by atoms with Crippen molar-refractivity contribution in [2.75, 3.05) is 22.6 Å². The van der Waals surface area contributed by atoms with Crippen molar-refractivity contribution in [3.63, 3.8) is 0 Å². The summed E-state index contributed by atoms with van der Waals surface area (Å²) in [6, 6.07) is 0.647. The van der Waals surface area contributed by atoms with Crippen molar-refractivity contribution in [1.29, 1.82) is 0 Å². The zero-order valence-electron chi connectivity index (χ0n) is 11.6. The van der Waals surface area contributed by atoms with Gasteiger partial charge in [-0.1, -0.05) is 12.8 Å². The molecule has 0 radical (unpaired) electrons. The van der Waals surface area contributed by atoms with Gasteiger partial charge in [-0.05, 0) is 19.8 Å². The Labute approximate surface area is 124 Å². The molecule has 2 fully saturated rings. The number of imidazole rings is 1. The smallest absolute Gasteiger partial charge is 0.203 e. The van der Waals surface area contributed by atoms with Crippen LogP contribution in [0.1, 0.15) is 31.4 Å². The summed E-state index contributed by atoms with van der Waals surface area (Å²) >= 11 is 4.21. The van der Waals surface area contributed by atoms with E-state index in [9.17, 15) is 0 Å². The molecule has 1 saturated carbocycles. The van der Waals surface area contributed by atoms with Gasteiger partial charge in [0.15, 0.2) is 0 Å². The van der Waals surface area contributed by atoms with Crippen LogP contribution in [0.15, 0.2) is 6.20 Å². The first-order chi connectivity index (χ1) is 9.31. The summed E-state index contributed by atoms with van der Waals surface area (Å²) in [5.74, 6) is 5.00. The van der Waals surface area contributed by atoms with Gasteiger partial charge < -0.3 is 9.88 Å². The number of hydrogen-bond donors (Lipinski definition) is 1. The van der Waals surface area contributed by atoms with Crippen LogP contribution in [0.5, 0.6) is 0 Å². The Morgan fingerprint density at radius 3 is 2.95 bits per heavy atom. The van der Waals surface area contributed by atoms with Crippen LogP contribution in [0.4, 0.5) is 5.95 Å². The molecular formula is C14H23N3S2. The van der Waals surface area contributed by atoms with Crippen LogP contribution >= 0.6 is 23.5 Å². The van der Waals surface area contributed by atoms with Crippen molar-refractivity contribution < 1.29 is 0 Å². The Morgan fingerprint density at radius 1 is 1.37 bits per heavy atom. The van der Waals surface area contributed by atoms with Gasteiger partial charge in [0, 0.05) is 41.3 Å². The minimum Gasteiger partial charge on any atom is -0.353 e. The second-order valence-electron chi connectivity index (χ2n) is 5.55. The first-order valence-electron chi connectivity index (χ1n) is 7.31. The Morgan fingerprint density at radius 2 is 2.21 bits per heavy atom. The number of thioether (sulfide) groups is 2. The van der Waals surface area contributed by atoms with E-state index in [1.54, 1.807) is 0 Å². The lowest BCUT2D eigenvalue weighted by atomic mass is 10.2. The molecule has 1 aliphatic heterocycles. The summed E-state index contributed by atoms with van der Waals surface area (Å²) in [4.78, 5) is 4.68. The molecule has 3 nitrogen and oxygen atoms in total. The molecule has 3 rings (SSSR count). The van der Waals surface area contributed by atoms with Crippen LogP contribution in [0.2, 0.25) is 0 Å². The van der Waals surface area contributed by atoms with Crippen molar-refractivity contribution in [2.24, 2.45) is 0 Å². The molecule has 1 N–H and O–H groups in total. The van der Waals surface area contributed by atoms with Gasteiger partial charge in [0.1, 0.15) is 0 Å². The molecule has 5 heteroatoms. The molecule has 0 spiro atoms. The molecule has 1 aromatic heterocycles. The second-order valence-corrected chi connectivity index (χ2v) is 8.11. The summed E-state index contributed by atoms with van der Waals surface area (Å²) < 4.78 is 2.34. The van der Waals surface area contributed by atoms with E-state index >= 15 is 0 Å². The van der Waals surface area contributed by atoms with E-state index < -0.39 is 0 Å². The highest BCUT2D eigenvalue weighted by atomic mass is 32.2. The average Bonchev–Trinajstić information content (AvgIpc) is 3.02. The molecule has 1 atom stereocenters. The number of anilines is 1. The van der Waals surface area contributed by atoms with E-state index in [4.69, 9.17) is 0 Å². The van der Waals surface area contributed by atoms with E-state index in [-0.39, 0.29) is 0 Å². The van der Waals surface area contributed by atoms with Crippen LogP contribution in [0, 0.1) is 6.92 Å². The number of nitrogens with zero attached hydrogens (tertiary/aromatic N) is 2. The standard InChI is InChI=1S/C14H23N3S2/c1-11-8-17(9-13-10-18-6-7-19-13)14(15-11)16-12-4-2-3-5-12/h8,12-13H,2-7,9-10H2,1H3,(H,15,16). The predicted octanol–water partition coefficient (Wildman–Crippen LogP) is 3.39. The van der Waals surface area contributed by atoms with Crippen LogP contribution in [0.3, 0.4) is 0 Å². The lowest BCUT2D eigenvalue weighted by Gasteiger charge is -2.23. The maximum atomic E-state index is 4.68. The third-order valence-electron chi connectivity index (χ3n) is 3.87. The molecule has 0 bridgehead atoms. The molecule has 0 amide bonds. The predicted molar refractivity (Wildman–Crippen MR) is 86.4 cm³/mol. The molecule has 0 aromatic carbocycles. The summed E-state index contributed by atoms with van der Waals surface area (Å²) in [5, 5.41) is 4.40. The third-order valence-corrected chi connectivity index (χ3v) is 6.70. The van der Waals surface area contributed by atoms with E-state index in [0.29, 0.717) is 6.04 Å². The van der Waals surface area contributed by atoms with E-state index in [1.807, 2.05) is 0 Å². The third kappa shape index (κ3) is 3.63. The van der Waals surface area contributed by atoms with Gasteiger partial charge in [-0.3, -0.25) is 0 Å². The highest BCUT2D eigenvalue weighted by Gasteiger charge is 2.20. The average molecular weight is 297 g/mol. The van der Waals surface area contributed by atoms with Gasteiger partial charge in [0.05, 0.1) is 5.69 Å². The van der Waals surface area contributed by atoms with Crippen molar-refractivity contribution >= 4 is 29.5 Å². The Hall–Kier alpha value is -0.290. The monoisotopic (exact) mass is 297 g/mol. The molecule has 106 valence electrons. The molecule has 2 heterocycles. The van der Waals surface area contributed by atoms with Gasteiger partial charge in [-0.15, -0.1) is 0 Å². The number of nitrogens with one attached hydrogen (secondary N) is 1. The largest absolute Gasteiger partial charge is 0.353 e. The minimum absolute atomic E-state index is 0.647. The summed E-state index contributed by atoms with van der Waals surface area (Å²) in [6.45, 7) is 3.20. The number of aromatic nitrogens is 2. The zero-order chi connectivity index (χ0) is 13.1. The van der Waals surface area contributed by atoms with Crippen molar-refractivity contribution in [1.82, 2.24) is 9.55 Å². The minimum atomic E-state index is 0.647. The maximum Gasteiger partial charge on any atom is 0.203 e. The van der Waals surface area contributed by atoms with Crippen molar-refractivity contribution in [2.45, 2.75) is 50.4 Å². The molecule has 1 saturated heterocycles. The first-order valence-corrected chi connectivity index (χ1v) is 9.51. The van der Waals surface area contributed by atoms with Gasteiger partial charge in [-0.25, -0.2) is 4.98 Å². The summed E-state index contributed by atoms with van der Waals surface area (Å²) in [6.07, 6.45) is 7.55. The molecule has 1 aromatic rings. The Kier molecular flexibility index (Phi) is 4.64. The SMILES string of the molecule is Cc1cn(CC2CSCCS2)c(NC2CCCC2)n1. The van der Waals surface area contributed by atoms with E-state index in [1.165, 1.54) is 42.9 Å². The highest BCUT2D eigenvalue weighted by molar-refractivity contribution is 8.06. The lowest BCUT2D eigenvalue weighted by molar-refractivity contribution is 0.673. The molecule has 1 aliphatic carbocycles. The maximum absolute atomic E-state index is 4.68. The Bertz CT molecular complexity index is 407. The second kappa shape index (κ2) is 6.44. The zero-order valence-corrected chi connectivity index (χ0v) is 13.2. The highest BCUT2D eigenvalue weighted by Crippen LogP contribution is 2.27. The van der Waals surface area contributed by atoms with Gasteiger partial charge >= 0.3 is 0 Å². The number of hydrogen-bond acceptors (Lipinski definition) is 4. The quantitative estimate of drug-likeness (QED) is 0.922. The topological polar surface area (TPSA) is 29.9 Å². The fraction of sp³-hybridized carbons (Fsp3) is 0.786. The number of aryl methyl sites for hydroxylation is 1. The van der Waals surface area contributed by atoms with Crippen LogP contribution in [0.25, 0.3) is 0 Å². The van der Waals surface area contributed by atoms with Gasteiger partial charge in [0.2, 0.25) is 5.95 Å². The van der Waals surface area contributed by atoms with Crippen LogP contribution < -0.4 is 5.32 Å². The van der Waals surface area contributed by atoms with Gasteiger partial charge in [-0.2, -0.15) is 23.5 Å².